The molecule has 0 amide bonds. The second kappa shape index (κ2) is 6.31. The summed E-state index contributed by atoms with van der Waals surface area (Å²) in [5.41, 5.74) is 0.571. The molecular weight excluding hydrogens is 268 g/mol. The topological polar surface area (TPSA) is 68.7 Å². The van der Waals surface area contributed by atoms with Crippen LogP contribution in [0.5, 0.6) is 0 Å². The maximum atomic E-state index is 12.4. The van der Waals surface area contributed by atoms with Gasteiger partial charge in [-0.3, -0.25) is 9.29 Å². The molecule has 2 heterocycles. The largest absolute Gasteiger partial charge is 0.376 e. The predicted octanol–water partition coefficient (Wildman–Crippen LogP) is 0.653. The minimum atomic E-state index is -3.44. The Hall–Kier alpha value is -1.18. The molecule has 0 radical (unpaired) electrons. The van der Waals surface area contributed by atoms with Gasteiger partial charge >= 0.3 is 0 Å². The number of anilines is 1. The molecule has 19 heavy (non-hydrogen) atoms. The van der Waals surface area contributed by atoms with Gasteiger partial charge in [-0.1, -0.05) is 0 Å². The molecule has 2 rings (SSSR count). The van der Waals surface area contributed by atoms with Crippen molar-refractivity contribution in [2.45, 2.75) is 13.0 Å². The fourth-order valence-corrected chi connectivity index (χ4v) is 3.66. The molecule has 1 unspecified atom stereocenters. The molecule has 0 aliphatic carbocycles. The lowest BCUT2D eigenvalue weighted by molar-refractivity contribution is -0.0782. The van der Waals surface area contributed by atoms with Gasteiger partial charge in [0, 0.05) is 12.7 Å². The van der Waals surface area contributed by atoms with E-state index in [4.69, 9.17) is 9.47 Å². The summed E-state index contributed by atoms with van der Waals surface area (Å²) in [5.74, 6) is -0.0737. The Labute approximate surface area is 113 Å². The van der Waals surface area contributed by atoms with E-state index >= 15 is 0 Å². The Morgan fingerprint density at radius 3 is 2.89 bits per heavy atom. The summed E-state index contributed by atoms with van der Waals surface area (Å²) in [6.07, 6.45) is 2.76. The van der Waals surface area contributed by atoms with Gasteiger partial charge in [0.25, 0.3) is 0 Å². The highest BCUT2D eigenvalue weighted by Gasteiger charge is 2.27. The molecule has 1 saturated heterocycles. The number of aromatic nitrogens is 1. The van der Waals surface area contributed by atoms with Crippen LogP contribution in [-0.2, 0) is 19.5 Å². The first-order valence-electron chi connectivity index (χ1n) is 6.23. The minimum Gasteiger partial charge on any atom is -0.376 e. The fraction of sp³-hybridized carbons (Fsp3) is 0.583. The van der Waals surface area contributed by atoms with Crippen molar-refractivity contribution in [3.8, 4) is 0 Å². The summed E-state index contributed by atoms with van der Waals surface area (Å²) in [6, 6.07) is 3.44. The number of rotatable bonds is 5. The summed E-state index contributed by atoms with van der Waals surface area (Å²) in [4.78, 5) is 3.95. The van der Waals surface area contributed by atoms with Crippen molar-refractivity contribution in [2.75, 3.05) is 36.4 Å². The molecule has 1 aliphatic heterocycles. The number of pyridine rings is 1. The Morgan fingerprint density at radius 1 is 1.47 bits per heavy atom. The maximum Gasteiger partial charge on any atom is 0.237 e. The highest BCUT2D eigenvalue weighted by molar-refractivity contribution is 7.92. The van der Waals surface area contributed by atoms with Gasteiger partial charge in [-0.05, 0) is 19.1 Å². The summed E-state index contributed by atoms with van der Waals surface area (Å²) in [5, 5.41) is 0. The maximum absolute atomic E-state index is 12.4. The molecule has 0 bridgehead atoms. The summed E-state index contributed by atoms with van der Waals surface area (Å²) < 4.78 is 36.8. The first-order valence-corrected chi connectivity index (χ1v) is 7.84. The van der Waals surface area contributed by atoms with Crippen LogP contribution in [0.15, 0.2) is 24.5 Å². The average molecular weight is 286 g/mol. The van der Waals surface area contributed by atoms with Crippen LogP contribution in [0.1, 0.15) is 6.92 Å². The Balaban J connectivity index is 2.12. The second-order valence-corrected chi connectivity index (χ2v) is 6.16. The van der Waals surface area contributed by atoms with Gasteiger partial charge in [0.1, 0.15) is 0 Å². The molecule has 1 aromatic rings. The number of hydrogen-bond acceptors (Lipinski definition) is 5. The molecule has 1 aromatic heterocycles. The van der Waals surface area contributed by atoms with Crippen molar-refractivity contribution in [2.24, 2.45) is 0 Å². The quantitative estimate of drug-likeness (QED) is 0.795. The van der Waals surface area contributed by atoms with Crippen LogP contribution in [-0.4, -0.2) is 51.6 Å². The monoisotopic (exact) mass is 286 g/mol. The van der Waals surface area contributed by atoms with Crippen molar-refractivity contribution < 1.29 is 17.9 Å². The van der Waals surface area contributed by atoms with E-state index in [9.17, 15) is 8.42 Å². The standard InChI is InChI=1S/C12H18N2O4S/c1-2-14(11-4-3-5-13-8-11)19(15,16)10-12-9-17-6-7-18-12/h3-5,8,12H,2,6-7,9-10H2,1H3. The third-order valence-corrected chi connectivity index (χ3v) is 4.77. The van der Waals surface area contributed by atoms with E-state index < -0.39 is 16.1 Å². The van der Waals surface area contributed by atoms with Gasteiger partial charge in [0.15, 0.2) is 0 Å². The first kappa shape index (κ1) is 14.2. The number of sulfonamides is 1. The molecule has 0 aromatic carbocycles. The molecule has 0 N–H and O–H groups in total. The molecule has 1 atom stereocenters. The second-order valence-electron chi connectivity index (χ2n) is 4.22. The Morgan fingerprint density at radius 2 is 2.32 bits per heavy atom. The molecule has 6 nitrogen and oxygen atoms in total. The van der Waals surface area contributed by atoms with E-state index in [-0.39, 0.29) is 5.75 Å². The van der Waals surface area contributed by atoms with E-state index in [1.165, 1.54) is 4.31 Å². The lowest BCUT2D eigenvalue weighted by atomic mass is 10.4. The van der Waals surface area contributed by atoms with Crippen LogP contribution in [0.4, 0.5) is 5.69 Å². The van der Waals surface area contributed by atoms with Gasteiger partial charge in [-0.2, -0.15) is 0 Å². The van der Waals surface area contributed by atoms with Gasteiger partial charge in [-0.15, -0.1) is 0 Å². The Kier molecular flexibility index (Phi) is 4.73. The van der Waals surface area contributed by atoms with Crippen molar-refractivity contribution in [3.05, 3.63) is 24.5 Å². The SMILES string of the molecule is CCN(c1cccnc1)S(=O)(=O)CC1COCCO1. The zero-order valence-corrected chi connectivity index (χ0v) is 11.7. The molecule has 7 heteroatoms. The fourth-order valence-electron chi connectivity index (χ4n) is 2.00. The normalized spacial score (nSPS) is 20.2. The van der Waals surface area contributed by atoms with E-state index in [1.807, 2.05) is 0 Å². The van der Waals surface area contributed by atoms with Crippen molar-refractivity contribution in [1.29, 1.82) is 0 Å². The lowest BCUT2D eigenvalue weighted by Crippen LogP contribution is -2.41. The Bertz CT molecular complexity index is 486. The van der Waals surface area contributed by atoms with Gasteiger partial charge in [-0.25, -0.2) is 8.42 Å². The molecule has 0 saturated carbocycles. The molecule has 1 aliphatic rings. The number of nitrogens with zero attached hydrogens (tertiary/aromatic N) is 2. The molecular formula is C12H18N2O4S. The van der Waals surface area contributed by atoms with Crippen molar-refractivity contribution >= 4 is 15.7 Å². The summed E-state index contributed by atoms with van der Waals surface area (Å²) in [6.45, 7) is 3.45. The average Bonchev–Trinajstić information content (AvgIpc) is 2.41. The van der Waals surface area contributed by atoms with Gasteiger partial charge in [0.05, 0.1) is 43.6 Å². The highest BCUT2D eigenvalue weighted by Crippen LogP contribution is 2.18. The van der Waals surface area contributed by atoms with E-state index in [2.05, 4.69) is 4.98 Å². The summed E-state index contributed by atoms with van der Waals surface area (Å²) in [7, 11) is -3.44. The summed E-state index contributed by atoms with van der Waals surface area (Å²) >= 11 is 0. The van der Waals surface area contributed by atoms with Crippen molar-refractivity contribution in [3.63, 3.8) is 0 Å². The van der Waals surface area contributed by atoms with E-state index in [1.54, 1.807) is 31.5 Å². The zero-order valence-electron chi connectivity index (χ0n) is 10.9. The number of ether oxygens (including phenoxy) is 2. The number of hydrogen-bond donors (Lipinski definition) is 0. The van der Waals surface area contributed by atoms with E-state index in [0.717, 1.165) is 0 Å². The van der Waals surface area contributed by atoms with Crippen LogP contribution in [0, 0.1) is 0 Å². The molecule has 106 valence electrons. The predicted molar refractivity (Wildman–Crippen MR) is 71.6 cm³/mol. The minimum absolute atomic E-state index is 0.0737. The lowest BCUT2D eigenvalue weighted by Gasteiger charge is -2.27. The van der Waals surface area contributed by atoms with Gasteiger partial charge < -0.3 is 9.47 Å². The van der Waals surface area contributed by atoms with Crippen LogP contribution in [0.2, 0.25) is 0 Å². The molecule has 1 fully saturated rings. The first-order chi connectivity index (χ1) is 9.13. The van der Waals surface area contributed by atoms with Crippen LogP contribution in [0.25, 0.3) is 0 Å². The van der Waals surface area contributed by atoms with Crippen molar-refractivity contribution in [1.82, 2.24) is 4.98 Å². The third-order valence-electron chi connectivity index (χ3n) is 2.84. The van der Waals surface area contributed by atoms with E-state index in [0.29, 0.717) is 32.1 Å². The van der Waals surface area contributed by atoms with Crippen LogP contribution in [0.3, 0.4) is 0 Å². The highest BCUT2D eigenvalue weighted by atomic mass is 32.2. The van der Waals surface area contributed by atoms with Crippen LogP contribution < -0.4 is 4.31 Å². The van der Waals surface area contributed by atoms with Crippen LogP contribution >= 0.6 is 0 Å². The van der Waals surface area contributed by atoms with Gasteiger partial charge in [0.2, 0.25) is 10.0 Å². The zero-order chi connectivity index (χ0) is 13.7. The third kappa shape index (κ3) is 3.65. The molecule has 0 spiro atoms. The smallest absolute Gasteiger partial charge is 0.237 e.